The summed E-state index contributed by atoms with van der Waals surface area (Å²) in [6, 6.07) is 4.31. The summed E-state index contributed by atoms with van der Waals surface area (Å²) in [6.07, 6.45) is 1.75. The molecule has 2 unspecified atom stereocenters. The Hall–Kier alpha value is -1.40. The lowest BCUT2D eigenvalue weighted by Gasteiger charge is -2.13. The molecular weight excluding hydrogens is 260 g/mol. The fourth-order valence-electron chi connectivity index (χ4n) is 2.28. The maximum Gasteiger partial charge on any atom is 0.232 e. The van der Waals surface area contributed by atoms with Crippen LogP contribution in [0.15, 0.2) is 22.9 Å². The van der Waals surface area contributed by atoms with Gasteiger partial charge in [0.1, 0.15) is 5.69 Å². The molecule has 100 valence electrons. The first kappa shape index (κ1) is 12.6. The minimum Gasteiger partial charge on any atom is -0.339 e. The van der Waals surface area contributed by atoms with Gasteiger partial charge in [0, 0.05) is 23.7 Å². The summed E-state index contributed by atoms with van der Waals surface area (Å²) in [4.78, 5) is 8.85. The maximum absolute atomic E-state index is 5.44. The largest absolute Gasteiger partial charge is 0.339 e. The molecule has 1 saturated heterocycles. The molecule has 0 spiro atoms. The Morgan fingerprint density at radius 2 is 2.32 bits per heavy atom. The Balaban J connectivity index is 1.90. The van der Waals surface area contributed by atoms with Gasteiger partial charge in [-0.05, 0) is 25.6 Å². The van der Waals surface area contributed by atoms with Gasteiger partial charge >= 0.3 is 0 Å². The van der Waals surface area contributed by atoms with E-state index in [9.17, 15) is 0 Å². The molecule has 5 nitrogen and oxygen atoms in total. The van der Waals surface area contributed by atoms with Gasteiger partial charge in [-0.2, -0.15) is 16.7 Å². The number of pyridine rings is 1. The lowest BCUT2D eigenvalue weighted by molar-refractivity contribution is 0.344. The summed E-state index contributed by atoms with van der Waals surface area (Å²) in [7, 11) is 1.98. The normalized spacial score (nSPS) is 22.8. The van der Waals surface area contributed by atoms with E-state index >= 15 is 0 Å². The highest BCUT2D eigenvalue weighted by molar-refractivity contribution is 7.99. The van der Waals surface area contributed by atoms with E-state index in [1.165, 1.54) is 0 Å². The quantitative estimate of drug-likeness (QED) is 0.923. The summed E-state index contributed by atoms with van der Waals surface area (Å²) >= 11 is 1.91. The van der Waals surface area contributed by atoms with Crippen molar-refractivity contribution in [3.63, 3.8) is 0 Å². The Morgan fingerprint density at radius 3 is 3.11 bits per heavy atom. The van der Waals surface area contributed by atoms with E-state index in [1.54, 1.807) is 6.20 Å². The van der Waals surface area contributed by atoms with Crippen molar-refractivity contribution in [2.75, 3.05) is 18.6 Å². The first-order chi connectivity index (χ1) is 9.29. The molecular formula is C13H16N4OS. The Morgan fingerprint density at radius 1 is 1.42 bits per heavy atom. The third kappa shape index (κ3) is 2.37. The van der Waals surface area contributed by atoms with Crippen molar-refractivity contribution >= 4 is 11.8 Å². The van der Waals surface area contributed by atoms with Crippen molar-refractivity contribution in [3.05, 3.63) is 29.8 Å². The van der Waals surface area contributed by atoms with Crippen LogP contribution in [0.3, 0.4) is 0 Å². The molecule has 19 heavy (non-hydrogen) atoms. The van der Waals surface area contributed by atoms with Crippen LogP contribution in [0.4, 0.5) is 0 Å². The molecule has 1 N–H and O–H groups in total. The summed E-state index contributed by atoms with van der Waals surface area (Å²) < 4.78 is 5.44. The fourth-order valence-corrected chi connectivity index (χ4v) is 3.70. The number of likely N-dealkylation sites (N-methyl/N-ethyl adjacent to an activating group) is 1. The van der Waals surface area contributed by atoms with Crippen LogP contribution < -0.4 is 5.32 Å². The third-order valence-corrected chi connectivity index (χ3v) is 4.62. The number of nitrogens with one attached hydrogen (secondary N) is 1. The second-order valence-corrected chi connectivity index (χ2v) is 5.74. The average molecular weight is 276 g/mol. The van der Waals surface area contributed by atoms with Crippen LogP contribution in [0, 0.1) is 6.92 Å². The van der Waals surface area contributed by atoms with E-state index in [0.717, 1.165) is 22.8 Å². The molecule has 3 rings (SSSR count). The fraction of sp³-hybridized carbons (Fsp3) is 0.462. The molecule has 0 aromatic carbocycles. The predicted octanol–water partition coefficient (Wildman–Crippen LogP) is 1.86. The van der Waals surface area contributed by atoms with E-state index in [4.69, 9.17) is 4.52 Å². The Labute approximate surface area is 116 Å². The van der Waals surface area contributed by atoms with Crippen LogP contribution in [-0.4, -0.2) is 39.7 Å². The summed E-state index contributed by atoms with van der Waals surface area (Å²) in [5.41, 5.74) is 1.85. The summed E-state index contributed by atoms with van der Waals surface area (Å²) in [5, 5.41) is 7.38. The van der Waals surface area contributed by atoms with Crippen LogP contribution in [0.1, 0.15) is 17.4 Å². The van der Waals surface area contributed by atoms with Gasteiger partial charge in [0.2, 0.25) is 11.7 Å². The topological polar surface area (TPSA) is 63.8 Å². The van der Waals surface area contributed by atoms with Gasteiger partial charge in [0.25, 0.3) is 0 Å². The van der Waals surface area contributed by atoms with Crippen LogP contribution >= 0.6 is 11.8 Å². The van der Waals surface area contributed by atoms with Crippen LogP contribution in [0.25, 0.3) is 11.5 Å². The van der Waals surface area contributed by atoms with Crippen LogP contribution in [0.5, 0.6) is 0 Å². The molecule has 0 radical (unpaired) electrons. The number of hydrogen-bond donors (Lipinski definition) is 1. The zero-order valence-electron chi connectivity index (χ0n) is 11.0. The first-order valence-corrected chi connectivity index (χ1v) is 7.45. The molecule has 1 fully saturated rings. The number of thioether (sulfide) groups is 1. The van der Waals surface area contributed by atoms with Crippen LogP contribution in [-0.2, 0) is 0 Å². The second kappa shape index (κ2) is 5.30. The number of aryl methyl sites for hydroxylation is 1. The van der Waals surface area contributed by atoms with E-state index in [0.29, 0.717) is 23.7 Å². The van der Waals surface area contributed by atoms with Gasteiger partial charge in [-0.1, -0.05) is 11.2 Å². The van der Waals surface area contributed by atoms with Crippen molar-refractivity contribution < 1.29 is 4.52 Å². The van der Waals surface area contributed by atoms with Gasteiger partial charge in [-0.3, -0.25) is 4.98 Å². The van der Waals surface area contributed by atoms with Gasteiger partial charge in [0.05, 0.1) is 5.92 Å². The molecule has 0 amide bonds. The molecule has 0 saturated carbocycles. The number of rotatable bonds is 3. The SMILES string of the molecule is CNC1CSCC1c1nc(-c2ncccc2C)no1. The molecule has 1 aliphatic heterocycles. The van der Waals surface area contributed by atoms with Crippen LogP contribution in [0.2, 0.25) is 0 Å². The van der Waals surface area contributed by atoms with Gasteiger partial charge in [-0.15, -0.1) is 0 Å². The van der Waals surface area contributed by atoms with E-state index < -0.39 is 0 Å². The maximum atomic E-state index is 5.44. The van der Waals surface area contributed by atoms with E-state index in [2.05, 4.69) is 20.4 Å². The zero-order chi connectivity index (χ0) is 13.2. The Bertz CT molecular complexity index is 571. The minimum absolute atomic E-state index is 0.292. The molecule has 1 aliphatic rings. The highest BCUT2D eigenvalue weighted by atomic mass is 32.2. The Kier molecular flexibility index (Phi) is 3.52. The molecule has 0 aliphatic carbocycles. The monoisotopic (exact) mass is 276 g/mol. The highest BCUT2D eigenvalue weighted by Crippen LogP contribution is 2.32. The van der Waals surface area contributed by atoms with Gasteiger partial charge < -0.3 is 9.84 Å². The zero-order valence-corrected chi connectivity index (χ0v) is 11.8. The molecule has 2 aromatic rings. The molecule has 3 heterocycles. The van der Waals surface area contributed by atoms with Crippen molar-refractivity contribution in [1.82, 2.24) is 20.4 Å². The van der Waals surface area contributed by atoms with Crippen molar-refractivity contribution in [2.24, 2.45) is 0 Å². The predicted molar refractivity (Wildman–Crippen MR) is 75.2 cm³/mol. The smallest absolute Gasteiger partial charge is 0.232 e. The first-order valence-electron chi connectivity index (χ1n) is 6.30. The minimum atomic E-state index is 0.292. The highest BCUT2D eigenvalue weighted by Gasteiger charge is 2.32. The summed E-state index contributed by atoms with van der Waals surface area (Å²) in [6.45, 7) is 2.00. The standard InChI is InChI=1S/C13H16N4OS/c1-8-4-3-5-15-11(8)12-16-13(18-17-12)9-6-19-7-10(9)14-2/h3-5,9-10,14H,6-7H2,1-2H3. The number of aromatic nitrogens is 3. The average Bonchev–Trinajstić information content (AvgIpc) is 3.07. The lowest BCUT2D eigenvalue weighted by Crippen LogP contribution is -2.31. The van der Waals surface area contributed by atoms with Gasteiger partial charge in [0.15, 0.2) is 0 Å². The van der Waals surface area contributed by atoms with Gasteiger partial charge in [-0.25, -0.2) is 0 Å². The van der Waals surface area contributed by atoms with Crippen molar-refractivity contribution in [2.45, 2.75) is 18.9 Å². The molecule has 2 aromatic heterocycles. The van der Waals surface area contributed by atoms with E-state index in [-0.39, 0.29) is 0 Å². The van der Waals surface area contributed by atoms with Crippen molar-refractivity contribution in [3.8, 4) is 11.5 Å². The summed E-state index contributed by atoms with van der Waals surface area (Å²) in [5.74, 6) is 3.69. The number of hydrogen-bond acceptors (Lipinski definition) is 6. The lowest BCUT2D eigenvalue weighted by atomic mass is 10.0. The third-order valence-electron chi connectivity index (χ3n) is 3.43. The number of nitrogens with zero attached hydrogens (tertiary/aromatic N) is 3. The van der Waals surface area contributed by atoms with E-state index in [1.807, 2.05) is 37.9 Å². The molecule has 6 heteroatoms. The molecule has 2 atom stereocenters. The second-order valence-electron chi connectivity index (χ2n) is 4.66. The van der Waals surface area contributed by atoms with Crippen molar-refractivity contribution in [1.29, 1.82) is 0 Å². The molecule has 0 bridgehead atoms.